The smallest absolute Gasteiger partial charge is 0.271 e. The lowest BCUT2D eigenvalue weighted by atomic mass is 10.1. The van der Waals surface area contributed by atoms with Gasteiger partial charge in [0.2, 0.25) is 5.82 Å². The molecule has 1 aliphatic heterocycles. The number of hydrogen-bond donors (Lipinski definition) is 1. The zero-order chi connectivity index (χ0) is 14.1. The fourth-order valence-corrected chi connectivity index (χ4v) is 2.45. The number of aryl methyl sites for hydroxylation is 1. The lowest BCUT2D eigenvalue weighted by molar-refractivity contribution is -0.533. The molecule has 0 spiro atoms. The Labute approximate surface area is 115 Å². The van der Waals surface area contributed by atoms with Crippen molar-refractivity contribution in [3.05, 3.63) is 51.6 Å². The van der Waals surface area contributed by atoms with Crippen LogP contribution in [0.5, 0.6) is 5.75 Å². The number of fused-ring (bicyclic) bond motifs is 1. The van der Waals surface area contributed by atoms with Crippen LogP contribution in [0.3, 0.4) is 0 Å². The van der Waals surface area contributed by atoms with Crippen LogP contribution < -0.4 is 0 Å². The van der Waals surface area contributed by atoms with E-state index in [1.54, 1.807) is 28.9 Å². The zero-order valence-corrected chi connectivity index (χ0v) is 10.8. The van der Waals surface area contributed by atoms with Crippen molar-refractivity contribution < 1.29 is 10.0 Å². The summed E-state index contributed by atoms with van der Waals surface area (Å²) in [6.07, 6.45) is 1.77. The van der Waals surface area contributed by atoms with E-state index in [1.165, 1.54) is 0 Å². The lowest BCUT2D eigenvalue weighted by Gasteiger charge is -2.15. The van der Waals surface area contributed by atoms with E-state index in [2.05, 4.69) is 10.1 Å². The van der Waals surface area contributed by atoms with E-state index in [0.717, 1.165) is 12.0 Å². The molecular weight excluding hydrogens is 260 g/mol. The maximum absolute atomic E-state index is 11.0. The zero-order valence-electron chi connectivity index (χ0n) is 10.8. The Morgan fingerprint density at radius 3 is 2.85 bits per heavy atom. The molecule has 1 aromatic carbocycles. The predicted octanol–water partition coefficient (Wildman–Crippen LogP) is 1.69. The van der Waals surface area contributed by atoms with Crippen molar-refractivity contribution in [3.8, 4) is 5.75 Å². The van der Waals surface area contributed by atoms with Gasteiger partial charge in [0.15, 0.2) is 5.82 Å². The van der Waals surface area contributed by atoms with Crippen molar-refractivity contribution in [1.82, 2.24) is 14.8 Å². The number of nitrogens with zero attached hydrogens (tertiary/aromatic N) is 4. The summed E-state index contributed by atoms with van der Waals surface area (Å²) >= 11 is 0. The van der Waals surface area contributed by atoms with Crippen LogP contribution in [0, 0.1) is 10.1 Å². The van der Waals surface area contributed by atoms with Gasteiger partial charge in [0.1, 0.15) is 5.75 Å². The van der Waals surface area contributed by atoms with Gasteiger partial charge in [-0.15, -0.1) is 0 Å². The third-order valence-electron chi connectivity index (χ3n) is 3.44. The van der Waals surface area contributed by atoms with Gasteiger partial charge in [0, 0.05) is 24.3 Å². The Bertz CT molecular complexity index is 636. The first-order valence-electron chi connectivity index (χ1n) is 6.48. The van der Waals surface area contributed by atoms with Gasteiger partial charge in [-0.1, -0.05) is 12.1 Å². The Morgan fingerprint density at radius 1 is 1.40 bits per heavy atom. The van der Waals surface area contributed by atoms with Gasteiger partial charge in [-0.25, -0.2) is 9.67 Å². The van der Waals surface area contributed by atoms with E-state index in [9.17, 15) is 15.2 Å². The van der Waals surface area contributed by atoms with Gasteiger partial charge in [-0.05, 0) is 24.1 Å². The van der Waals surface area contributed by atoms with E-state index in [4.69, 9.17) is 0 Å². The van der Waals surface area contributed by atoms with Crippen molar-refractivity contribution in [2.24, 2.45) is 0 Å². The Balaban J connectivity index is 1.85. The summed E-state index contributed by atoms with van der Waals surface area (Å²) < 4.78 is 1.65. The lowest BCUT2D eigenvalue weighted by Crippen LogP contribution is -2.22. The number of hydrogen-bond acceptors (Lipinski definition) is 5. The molecule has 1 aliphatic rings. The minimum Gasteiger partial charge on any atom is -0.508 e. The highest BCUT2D eigenvalue weighted by molar-refractivity contribution is 5.27. The van der Waals surface area contributed by atoms with E-state index in [-0.39, 0.29) is 10.7 Å². The summed E-state index contributed by atoms with van der Waals surface area (Å²) in [4.78, 5) is 15.0. The monoisotopic (exact) mass is 274 g/mol. The van der Waals surface area contributed by atoms with Gasteiger partial charge < -0.3 is 5.11 Å². The molecule has 0 fully saturated rings. The molecule has 0 aliphatic carbocycles. The van der Waals surface area contributed by atoms with Crippen LogP contribution in [0.2, 0.25) is 0 Å². The third-order valence-corrected chi connectivity index (χ3v) is 3.44. The molecule has 0 saturated heterocycles. The van der Waals surface area contributed by atoms with E-state index >= 15 is 0 Å². The molecule has 0 bridgehead atoms. The molecule has 1 N–H and O–H groups in total. The van der Waals surface area contributed by atoms with Crippen molar-refractivity contribution in [2.45, 2.75) is 31.8 Å². The number of aromatic nitrogens is 3. The summed E-state index contributed by atoms with van der Waals surface area (Å²) in [6, 6.07) is 6.04. The minimum absolute atomic E-state index is 0.208. The Morgan fingerprint density at radius 2 is 2.15 bits per heavy atom. The maximum Gasteiger partial charge on any atom is 0.271 e. The fourth-order valence-electron chi connectivity index (χ4n) is 2.45. The molecule has 0 amide bonds. The van der Waals surface area contributed by atoms with Crippen LogP contribution in [0.25, 0.3) is 0 Å². The van der Waals surface area contributed by atoms with Crippen molar-refractivity contribution in [1.29, 1.82) is 0 Å². The molecule has 7 heteroatoms. The Hall–Kier alpha value is -2.44. The topological polar surface area (TPSA) is 94.1 Å². The number of aromatic hydroxyl groups is 1. The molecule has 0 saturated carbocycles. The number of nitro groups is 1. The molecule has 7 nitrogen and oxygen atoms in total. The van der Waals surface area contributed by atoms with Crippen LogP contribution >= 0.6 is 0 Å². The molecular formula is C13H14N4O3. The van der Waals surface area contributed by atoms with Gasteiger partial charge in [-0.2, -0.15) is 5.10 Å². The molecule has 2 aromatic rings. The summed E-state index contributed by atoms with van der Waals surface area (Å²) in [5.74, 6) is 1.24. The highest BCUT2D eigenvalue weighted by Gasteiger charge is 2.32. The highest BCUT2D eigenvalue weighted by Crippen LogP contribution is 2.26. The van der Waals surface area contributed by atoms with Crippen LogP contribution in [0.4, 0.5) is 0 Å². The average Bonchev–Trinajstić information content (AvgIpc) is 2.83. The molecule has 1 atom stereocenters. The largest absolute Gasteiger partial charge is 0.508 e. The first-order chi connectivity index (χ1) is 9.63. The molecule has 20 heavy (non-hydrogen) atoms. The minimum atomic E-state index is -0.746. The van der Waals surface area contributed by atoms with Gasteiger partial charge in [0.05, 0.1) is 0 Å². The van der Waals surface area contributed by atoms with Gasteiger partial charge in [0.25, 0.3) is 6.04 Å². The molecule has 0 radical (unpaired) electrons. The van der Waals surface area contributed by atoms with Gasteiger partial charge >= 0.3 is 0 Å². The summed E-state index contributed by atoms with van der Waals surface area (Å²) in [5, 5.41) is 24.6. The predicted molar refractivity (Wildman–Crippen MR) is 69.9 cm³/mol. The molecule has 3 rings (SSSR count). The maximum atomic E-state index is 11.0. The molecule has 104 valence electrons. The standard InChI is InChI=1S/C13H14N4O3/c18-10-5-3-9(4-6-10)8-12-14-13-11(17(19)20)2-1-7-16(13)15-12/h3-6,11,18H,1-2,7-8H2. The normalized spacial score (nSPS) is 17.7. The molecule has 1 unspecified atom stereocenters. The second kappa shape index (κ2) is 4.92. The first kappa shape index (κ1) is 12.6. The van der Waals surface area contributed by atoms with Crippen LogP contribution in [-0.4, -0.2) is 24.8 Å². The third kappa shape index (κ3) is 2.34. The second-order valence-corrected chi connectivity index (χ2v) is 4.90. The number of benzene rings is 1. The summed E-state index contributed by atoms with van der Waals surface area (Å²) in [7, 11) is 0. The van der Waals surface area contributed by atoms with Crippen LogP contribution in [0.1, 0.15) is 36.1 Å². The quantitative estimate of drug-likeness (QED) is 0.679. The fraction of sp³-hybridized carbons (Fsp3) is 0.385. The van der Waals surface area contributed by atoms with Gasteiger partial charge in [-0.3, -0.25) is 10.1 Å². The van der Waals surface area contributed by atoms with Crippen LogP contribution in [0.15, 0.2) is 24.3 Å². The summed E-state index contributed by atoms with van der Waals surface area (Å²) in [5.41, 5.74) is 0.961. The second-order valence-electron chi connectivity index (χ2n) is 4.90. The SMILES string of the molecule is O=[N+]([O-])C1CCCn2nc(Cc3ccc(O)cc3)nc21. The van der Waals surface area contributed by atoms with Crippen LogP contribution in [-0.2, 0) is 13.0 Å². The van der Waals surface area contributed by atoms with Crippen molar-refractivity contribution >= 4 is 0 Å². The number of rotatable bonds is 3. The number of phenols is 1. The average molecular weight is 274 g/mol. The summed E-state index contributed by atoms with van der Waals surface area (Å²) in [6.45, 7) is 0.683. The Kier molecular flexibility index (Phi) is 3.09. The molecule has 1 aromatic heterocycles. The van der Waals surface area contributed by atoms with E-state index in [0.29, 0.717) is 31.0 Å². The first-order valence-corrected chi connectivity index (χ1v) is 6.48. The number of phenolic OH excluding ortho intramolecular Hbond substituents is 1. The van der Waals surface area contributed by atoms with E-state index in [1.807, 2.05) is 0 Å². The highest BCUT2D eigenvalue weighted by atomic mass is 16.6. The van der Waals surface area contributed by atoms with E-state index < -0.39 is 6.04 Å². The van der Waals surface area contributed by atoms with Crippen molar-refractivity contribution in [3.63, 3.8) is 0 Å². The molecule has 2 heterocycles. The van der Waals surface area contributed by atoms with Crippen molar-refractivity contribution in [2.75, 3.05) is 0 Å².